The Morgan fingerprint density at radius 2 is 1.69 bits per heavy atom. The molecule has 0 aromatic heterocycles. The molecule has 94 valence electrons. The summed E-state index contributed by atoms with van der Waals surface area (Å²) in [5.41, 5.74) is -0.347. The fourth-order valence-corrected chi connectivity index (χ4v) is 5.30. The third-order valence-corrected chi connectivity index (χ3v) is 6.79. The molecule has 0 radical (unpaired) electrons. The fraction of sp³-hybridized carbons (Fsp3) is 1.00. The summed E-state index contributed by atoms with van der Waals surface area (Å²) in [5, 5.41) is 0. The molecule has 0 spiro atoms. The topological polar surface area (TPSA) is 57.5 Å². The second-order valence-corrected chi connectivity index (χ2v) is 8.19. The molecule has 1 aliphatic heterocycles. The summed E-state index contributed by atoms with van der Waals surface area (Å²) in [5.74, 6) is 4.12. The summed E-state index contributed by atoms with van der Waals surface area (Å²) in [4.78, 5) is 18.3. The Balaban J connectivity index is 1.82. The van der Waals surface area contributed by atoms with Crippen LogP contribution in [0.25, 0.3) is 0 Å². The van der Waals surface area contributed by atoms with Gasteiger partial charge in [-0.25, -0.2) is 0 Å². The minimum Gasteiger partial charge on any atom is -0.324 e. The van der Waals surface area contributed by atoms with Crippen LogP contribution in [0.4, 0.5) is 0 Å². The molecule has 2 aliphatic rings. The molecule has 2 rings (SSSR count). The average Bonchev–Trinajstić information content (AvgIpc) is 2.29. The monoisotopic (exact) mass is 264 g/mol. The fourth-order valence-electron chi connectivity index (χ4n) is 3.05. The van der Waals surface area contributed by atoms with Crippen LogP contribution in [-0.2, 0) is 4.57 Å². The summed E-state index contributed by atoms with van der Waals surface area (Å²) in [7, 11) is -3.81. The van der Waals surface area contributed by atoms with E-state index in [1.165, 1.54) is 24.3 Å². The first-order valence-electron chi connectivity index (χ1n) is 6.20. The van der Waals surface area contributed by atoms with Crippen molar-refractivity contribution in [1.29, 1.82) is 0 Å². The molecule has 1 aliphatic carbocycles. The molecule has 0 bridgehead atoms. The highest BCUT2D eigenvalue weighted by molar-refractivity contribution is 7.99. The van der Waals surface area contributed by atoms with Gasteiger partial charge in [0.15, 0.2) is 0 Å². The summed E-state index contributed by atoms with van der Waals surface area (Å²) < 4.78 is 11.2. The van der Waals surface area contributed by atoms with E-state index in [1.54, 1.807) is 0 Å². The lowest BCUT2D eigenvalue weighted by Gasteiger charge is -2.35. The van der Waals surface area contributed by atoms with Crippen LogP contribution in [0.2, 0.25) is 0 Å². The minimum absolute atomic E-state index is 0.347. The highest BCUT2D eigenvalue weighted by atomic mass is 32.2. The zero-order valence-corrected chi connectivity index (χ0v) is 11.3. The van der Waals surface area contributed by atoms with E-state index < -0.39 is 7.60 Å². The Morgan fingerprint density at radius 1 is 1.00 bits per heavy atom. The quantitative estimate of drug-likeness (QED) is 0.753. The van der Waals surface area contributed by atoms with Crippen LogP contribution >= 0.6 is 19.4 Å². The Kier molecular flexibility index (Phi) is 4.39. The lowest BCUT2D eigenvalue weighted by molar-refractivity contribution is 0.239. The predicted octanol–water partition coefficient (Wildman–Crippen LogP) is 2.87. The normalized spacial score (nSPS) is 37.2. The van der Waals surface area contributed by atoms with Crippen LogP contribution in [0.5, 0.6) is 0 Å². The van der Waals surface area contributed by atoms with Crippen LogP contribution in [0.3, 0.4) is 0 Å². The van der Waals surface area contributed by atoms with Crippen molar-refractivity contribution in [1.82, 2.24) is 0 Å². The van der Waals surface area contributed by atoms with Crippen LogP contribution < -0.4 is 0 Å². The molecule has 1 unspecified atom stereocenters. The number of rotatable bonds is 2. The first-order chi connectivity index (χ1) is 7.57. The smallest absolute Gasteiger partial charge is 0.324 e. The second kappa shape index (κ2) is 5.43. The van der Waals surface area contributed by atoms with Crippen molar-refractivity contribution in [2.24, 2.45) is 11.8 Å². The minimum atomic E-state index is -3.81. The van der Waals surface area contributed by atoms with E-state index in [0.717, 1.165) is 37.5 Å². The van der Waals surface area contributed by atoms with E-state index in [-0.39, 0.29) is 5.66 Å². The lowest BCUT2D eigenvalue weighted by atomic mass is 9.78. The van der Waals surface area contributed by atoms with Gasteiger partial charge in [0.2, 0.25) is 0 Å². The van der Waals surface area contributed by atoms with E-state index in [1.807, 2.05) is 11.8 Å². The molecule has 0 aromatic rings. The van der Waals surface area contributed by atoms with Crippen molar-refractivity contribution in [3.63, 3.8) is 0 Å². The highest BCUT2D eigenvalue weighted by Crippen LogP contribution is 2.50. The molecule has 16 heavy (non-hydrogen) atoms. The van der Waals surface area contributed by atoms with E-state index in [2.05, 4.69) is 0 Å². The number of thioether (sulfide) groups is 1. The van der Waals surface area contributed by atoms with Crippen molar-refractivity contribution in [2.45, 2.75) is 44.2 Å². The second-order valence-electron chi connectivity index (χ2n) is 5.13. The van der Waals surface area contributed by atoms with Crippen LogP contribution in [-0.4, -0.2) is 27.0 Å². The van der Waals surface area contributed by atoms with Gasteiger partial charge in [-0.05, 0) is 61.9 Å². The van der Waals surface area contributed by atoms with E-state index in [4.69, 9.17) is 9.79 Å². The van der Waals surface area contributed by atoms with Gasteiger partial charge in [0, 0.05) is 0 Å². The third kappa shape index (κ3) is 3.25. The first kappa shape index (κ1) is 12.9. The molecule has 3 nitrogen and oxygen atoms in total. The first-order valence-corrected chi connectivity index (χ1v) is 9.04. The zero-order valence-electron chi connectivity index (χ0n) is 9.55. The Labute approximate surface area is 102 Å². The Hall–Kier alpha value is 0.500. The van der Waals surface area contributed by atoms with Gasteiger partial charge in [0.1, 0.15) is 0 Å². The van der Waals surface area contributed by atoms with Crippen LogP contribution in [0.1, 0.15) is 38.5 Å². The van der Waals surface area contributed by atoms with Gasteiger partial charge >= 0.3 is 7.60 Å². The SMILES string of the molecule is O=P(O)(O)C1CCC(C2CCCSC2)CC1. The van der Waals surface area contributed by atoms with Gasteiger partial charge in [-0.1, -0.05) is 0 Å². The predicted molar refractivity (Wildman–Crippen MR) is 67.8 cm³/mol. The van der Waals surface area contributed by atoms with Gasteiger partial charge in [-0.3, -0.25) is 4.57 Å². The Morgan fingerprint density at radius 3 is 2.19 bits per heavy atom. The average molecular weight is 264 g/mol. The summed E-state index contributed by atoms with van der Waals surface area (Å²) in [6, 6.07) is 0. The maximum atomic E-state index is 11.2. The maximum absolute atomic E-state index is 11.2. The van der Waals surface area contributed by atoms with E-state index in [0.29, 0.717) is 0 Å². The third-order valence-electron chi connectivity index (χ3n) is 4.08. The van der Waals surface area contributed by atoms with Crippen LogP contribution in [0, 0.1) is 11.8 Å². The molecular weight excluding hydrogens is 243 g/mol. The maximum Gasteiger partial charge on any atom is 0.328 e. The van der Waals surface area contributed by atoms with Crippen molar-refractivity contribution in [2.75, 3.05) is 11.5 Å². The number of hydrogen-bond acceptors (Lipinski definition) is 2. The molecule has 1 saturated heterocycles. The molecule has 0 aromatic carbocycles. The van der Waals surface area contributed by atoms with Crippen molar-refractivity contribution in [3.05, 3.63) is 0 Å². The largest absolute Gasteiger partial charge is 0.328 e. The summed E-state index contributed by atoms with van der Waals surface area (Å²) >= 11 is 2.05. The lowest BCUT2D eigenvalue weighted by Crippen LogP contribution is -2.27. The standard InChI is InChI=1S/C11H21O3PS/c12-15(13,14)11-5-3-9(4-6-11)10-2-1-7-16-8-10/h9-11H,1-8H2,(H2,12,13,14). The van der Waals surface area contributed by atoms with Gasteiger partial charge in [-0.15, -0.1) is 0 Å². The molecule has 5 heteroatoms. The van der Waals surface area contributed by atoms with Gasteiger partial charge in [-0.2, -0.15) is 11.8 Å². The molecule has 2 N–H and O–H groups in total. The summed E-state index contributed by atoms with van der Waals surface area (Å²) in [6.45, 7) is 0. The molecule has 1 saturated carbocycles. The van der Waals surface area contributed by atoms with Gasteiger partial charge in [0.25, 0.3) is 0 Å². The van der Waals surface area contributed by atoms with Crippen molar-refractivity contribution < 1.29 is 14.4 Å². The highest BCUT2D eigenvalue weighted by Gasteiger charge is 2.35. The van der Waals surface area contributed by atoms with E-state index >= 15 is 0 Å². The zero-order chi connectivity index (χ0) is 11.6. The molecule has 1 atom stereocenters. The Bertz CT molecular complexity index is 264. The van der Waals surface area contributed by atoms with Crippen molar-refractivity contribution >= 4 is 19.4 Å². The van der Waals surface area contributed by atoms with E-state index in [9.17, 15) is 4.57 Å². The van der Waals surface area contributed by atoms with Gasteiger partial charge in [0.05, 0.1) is 5.66 Å². The number of hydrogen-bond donors (Lipinski definition) is 2. The van der Waals surface area contributed by atoms with Gasteiger partial charge < -0.3 is 9.79 Å². The summed E-state index contributed by atoms with van der Waals surface area (Å²) in [6.07, 6.45) is 6.18. The van der Waals surface area contributed by atoms with Crippen LogP contribution in [0.15, 0.2) is 0 Å². The molecule has 1 heterocycles. The molecular formula is C11H21O3PS. The molecule has 2 fully saturated rings. The molecule has 0 amide bonds. The van der Waals surface area contributed by atoms with Crippen molar-refractivity contribution in [3.8, 4) is 0 Å².